The first-order valence-corrected chi connectivity index (χ1v) is 12.0. The number of nitrogens with zero attached hydrogens (tertiary/aromatic N) is 2. The molecule has 2 aromatic heterocycles. The van der Waals surface area contributed by atoms with E-state index in [2.05, 4.69) is 5.32 Å². The maximum Gasteiger partial charge on any atom is 0.310 e. The Morgan fingerprint density at radius 2 is 1.79 bits per heavy atom. The van der Waals surface area contributed by atoms with Gasteiger partial charge in [0.2, 0.25) is 0 Å². The molecular formula is C28H27ClIN3O5. The highest BCUT2D eigenvalue weighted by molar-refractivity contribution is 6.30. The fraction of sp³-hybridized carbons (Fsp3) is 0.214. The molecule has 0 unspecified atom stereocenters. The van der Waals surface area contributed by atoms with E-state index in [4.69, 9.17) is 21.1 Å². The first-order valence-electron chi connectivity index (χ1n) is 11.7. The molecular weight excluding hydrogens is 621 g/mol. The Morgan fingerprint density at radius 1 is 1.05 bits per heavy atom. The number of hydrogen-bond acceptors (Lipinski definition) is 5. The molecule has 38 heavy (non-hydrogen) atoms. The molecule has 1 amide bonds. The van der Waals surface area contributed by atoms with Crippen LogP contribution < -0.4 is 38.6 Å². The standard InChI is InChI=1S/C28H26ClN3O5.HI/c1-18-23(16-26(33)37-14-12-30-27(34)20-5-4-13-31(2)17-20)24-15-22(36-3)10-11-25(24)32(18)28(35)19-6-8-21(29)9-7-19;/h4-11,13,15,17H,12,14,16H2,1-3H3;1H. The van der Waals surface area contributed by atoms with Crippen LogP contribution in [0.4, 0.5) is 0 Å². The zero-order chi connectivity index (χ0) is 26.5. The lowest BCUT2D eigenvalue weighted by Crippen LogP contribution is -3.00. The minimum Gasteiger partial charge on any atom is -1.00 e. The van der Waals surface area contributed by atoms with Gasteiger partial charge in [0.05, 0.1) is 25.6 Å². The number of ether oxygens (including phenoxy) is 2. The molecule has 10 heteroatoms. The number of pyridine rings is 1. The van der Waals surface area contributed by atoms with Crippen molar-refractivity contribution in [2.24, 2.45) is 7.05 Å². The summed E-state index contributed by atoms with van der Waals surface area (Å²) < 4.78 is 14.1. The fourth-order valence-electron chi connectivity index (χ4n) is 4.14. The summed E-state index contributed by atoms with van der Waals surface area (Å²) in [5.41, 5.74) is 2.94. The molecule has 2 heterocycles. The number of esters is 1. The molecule has 1 N–H and O–H groups in total. The third-order valence-corrected chi connectivity index (χ3v) is 6.26. The van der Waals surface area contributed by atoms with Gasteiger partial charge in [-0.1, -0.05) is 11.6 Å². The van der Waals surface area contributed by atoms with Crippen LogP contribution in [-0.4, -0.2) is 42.6 Å². The molecule has 0 atom stereocenters. The zero-order valence-electron chi connectivity index (χ0n) is 21.2. The summed E-state index contributed by atoms with van der Waals surface area (Å²) in [4.78, 5) is 38.4. The van der Waals surface area contributed by atoms with Gasteiger partial charge in [-0.25, -0.2) is 4.57 Å². The summed E-state index contributed by atoms with van der Waals surface area (Å²) in [5, 5.41) is 4.00. The van der Waals surface area contributed by atoms with E-state index in [1.807, 2.05) is 13.2 Å². The van der Waals surface area contributed by atoms with Crippen LogP contribution in [0.5, 0.6) is 5.75 Å². The smallest absolute Gasteiger partial charge is 0.310 e. The molecule has 4 aromatic rings. The third kappa shape index (κ3) is 6.51. The van der Waals surface area contributed by atoms with Gasteiger partial charge in [-0.15, -0.1) is 0 Å². The molecule has 4 rings (SSSR count). The van der Waals surface area contributed by atoms with Crippen LogP contribution in [0.15, 0.2) is 67.0 Å². The van der Waals surface area contributed by atoms with E-state index in [-0.39, 0.29) is 55.4 Å². The number of hydrogen-bond donors (Lipinski definition) is 1. The molecule has 8 nitrogen and oxygen atoms in total. The summed E-state index contributed by atoms with van der Waals surface area (Å²) >= 11 is 5.98. The lowest BCUT2D eigenvalue weighted by molar-refractivity contribution is -0.671. The number of aryl methyl sites for hydroxylation is 1. The van der Waals surface area contributed by atoms with Crippen molar-refractivity contribution in [2.45, 2.75) is 13.3 Å². The van der Waals surface area contributed by atoms with Gasteiger partial charge in [0, 0.05) is 27.7 Å². The maximum absolute atomic E-state index is 13.4. The first-order chi connectivity index (χ1) is 17.8. The Bertz CT molecular complexity index is 1480. The van der Waals surface area contributed by atoms with Crippen molar-refractivity contribution in [3.63, 3.8) is 0 Å². The summed E-state index contributed by atoms with van der Waals surface area (Å²) in [6, 6.07) is 15.5. The number of rotatable bonds is 8. The lowest BCUT2D eigenvalue weighted by atomic mass is 10.1. The highest BCUT2D eigenvalue weighted by Gasteiger charge is 2.22. The largest absolute Gasteiger partial charge is 1.00 e. The van der Waals surface area contributed by atoms with Crippen LogP contribution in [0, 0.1) is 6.92 Å². The van der Waals surface area contributed by atoms with E-state index in [9.17, 15) is 14.4 Å². The number of fused-ring (bicyclic) bond motifs is 1. The maximum atomic E-state index is 13.4. The highest BCUT2D eigenvalue weighted by Crippen LogP contribution is 2.31. The zero-order valence-corrected chi connectivity index (χ0v) is 24.1. The second-order valence-electron chi connectivity index (χ2n) is 8.51. The van der Waals surface area contributed by atoms with Gasteiger partial charge in [-0.3, -0.25) is 19.0 Å². The fourth-order valence-corrected chi connectivity index (χ4v) is 4.27. The van der Waals surface area contributed by atoms with Crippen molar-refractivity contribution in [1.29, 1.82) is 0 Å². The van der Waals surface area contributed by atoms with Crippen molar-refractivity contribution in [3.8, 4) is 5.75 Å². The summed E-state index contributed by atoms with van der Waals surface area (Å²) in [5.74, 6) is -0.348. The van der Waals surface area contributed by atoms with E-state index in [1.54, 1.807) is 84.0 Å². The molecule has 0 saturated heterocycles. The summed E-state index contributed by atoms with van der Waals surface area (Å²) in [6.45, 7) is 1.99. The average molecular weight is 648 g/mol. The van der Waals surface area contributed by atoms with Gasteiger partial charge in [0.25, 0.3) is 11.8 Å². The van der Waals surface area contributed by atoms with Crippen LogP contribution in [-0.2, 0) is 23.0 Å². The number of aromatic nitrogens is 2. The molecule has 0 aliphatic rings. The summed E-state index contributed by atoms with van der Waals surface area (Å²) in [6.07, 6.45) is 3.49. The molecule has 0 radical (unpaired) electrons. The molecule has 0 aliphatic heterocycles. The molecule has 0 bridgehead atoms. The Hall–Kier alpha value is -3.44. The van der Waals surface area contributed by atoms with Crippen molar-refractivity contribution >= 4 is 40.3 Å². The quantitative estimate of drug-likeness (QED) is 0.131. The van der Waals surface area contributed by atoms with Crippen LogP contribution in [0.2, 0.25) is 5.02 Å². The number of halogens is 2. The monoisotopic (exact) mass is 647 g/mol. The molecule has 2 aromatic carbocycles. The molecule has 0 aliphatic carbocycles. The minimum atomic E-state index is -0.468. The predicted molar refractivity (Wildman–Crippen MR) is 139 cm³/mol. The topological polar surface area (TPSA) is 90.5 Å². The van der Waals surface area contributed by atoms with Gasteiger partial charge < -0.3 is 38.8 Å². The molecule has 198 valence electrons. The molecule has 0 fully saturated rings. The van der Waals surface area contributed by atoms with E-state index in [0.29, 0.717) is 38.7 Å². The molecule has 0 spiro atoms. The Kier molecular flexibility index (Phi) is 9.87. The third-order valence-electron chi connectivity index (χ3n) is 6.01. The van der Waals surface area contributed by atoms with E-state index in [1.165, 1.54) is 0 Å². The van der Waals surface area contributed by atoms with Crippen LogP contribution in [0.25, 0.3) is 10.9 Å². The van der Waals surface area contributed by atoms with Crippen molar-refractivity contribution in [1.82, 2.24) is 9.88 Å². The van der Waals surface area contributed by atoms with Crippen molar-refractivity contribution in [2.75, 3.05) is 20.3 Å². The van der Waals surface area contributed by atoms with Gasteiger partial charge in [-0.05, 0) is 61.0 Å². The second kappa shape index (κ2) is 12.9. The highest BCUT2D eigenvalue weighted by atomic mass is 127. The van der Waals surface area contributed by atoms with Crippen LogP contribution in [0.3, 0.4) is 0 Å². The predicted octanol–water partition coefficient (Wildman–Crippen LogP) is 0.644. The first kappa shape index (κ1) is 29.1. The molecule has 0 saturated carbocycles. The van der Waals surface area contributed by atoms with E-state index in [0.717, 1.165) is 5.39 Å². The average Bonchev–Trinajstić information content (AvgIpc) is 3.16. The van der Waals surface area contributed by atoms with Gasteiger partial charge in [0.1, 0.15) is 25.0 Å². The van der Waals surface area contributed by atoms with E-state index >= 15 is 0 Å². The summed E-state index contributed by atoms with van der Waals surface area (Å²) in [7, 11) is 3.39. The number of amides is 1. The van der Waals surface area contributed by atoms with Gasteiger partial charge in [0.15, 0.2) is 12.4 Å². The van der Waals surface area contributed by atoms with E-state index < -0.39 is 5.97 Å². The minimum absolute atomic E-state index is 0. The van der Waals surface area contributed by atoms with Crippen molar-refractivity contribution in [3.05, 3.63) is 94.4 Å². The number of benzene rings is 2. The Morgan fingerprint density at radius 3 is 2.47 bits per heavy atom. The number of nitrogens with one attached hydrogen (secondary N) is 1. The number of methoxy groups -OCH3 is 1. The SMILES string of the molecule is COc1ccc2c(c1)c(CC(=O)OCCNC(=O)c1ccc[n+](C)c1)c(C)n2C(=O)c1ccc(Cl)cc1.[I-]. The van der Waals surface area contributed by atoms with Crippen molar-refractivity contribution < 1.29 is 52.4 Å². The normalized spacial score (nSPS) is 10.5. The second-order valence-corrected chi connectivity index (χ2v) is 8.94. The number of carbonyl (C=O) groups is 3. The lowest BCUT2D eigenvalue weighted by Gasteiger charge is -2.09. The van der Waals surface area contributed by atoms with Gasteiger partial charge in [-0.2, -0.15) is 0 Å². The number of carbonyl (C=O) groups excluding carboxylic acids is 3. The Balaban J connectivity index is 0.00000400. The van der Waals surface area contributed by atoms with Crippen LogP contribution in [0.1, 0.15) is 32.0 Å². The van der Waals surface area contributed by atoms with Crippen LogP contribution >= 0.6 is 11.6 Å². The Labute approximate surface area is 242 Å². The van der Waals surface area contributed by atoms with Gasteiger partial charge >= 0.3 is 5.97 Å².